The third-order valence-corrected chi connectivity index (χ3v) is 6.08. The Morgan fingerprint density at radius 1 is 1.15 bits per heavy atom. The lowest BCUT2D eigenvalue weighted by Gasteiger charge is -2.12. The number of aromatic nitrogens is 3. The number of nitrogens with one attached hydrogen (secondary N) is 1. The number of hydrogen-bond acceptors (Lipinski definition) is 4. The van der Waals surface area contributed by atoms with Gasteiger partial charge in [0.15, 0.2) is 10.8 Å². The molecular weight excluding hydrogens is 344 g/mol. The minimum Gasteiger partial charge on any atom is -0.353 e. The molecule has 2 aromatic heterocycles. The number of pyridine rings is 1. The molecule has 0 aliphatic heterocycles. The maximum absolute atomic E-state index is 12.3. The van der Waals surface area contributed by atoms with Crippen molar-refractivity contribution < 1.29 is 4.79 Å². The summed E-state index contributed by atoms with van der Waals surface area (Å²) in [5.74, 6) is 0.458. The van der Waals surface area contributed by atoms with E-state index in [0.29, 0.717) is 11.8 Å². The van der Waals surface area contributed by atoms with Gasteiger partial charge >= 0.3 is 0 Å². The van der Waals surface area contributed by atoms with E-state index in [1.807, 2.05) is 0 Å². The standard InChI is InChI=1S/C20H24N4OS/c1-12-8-14(3)19-16(9-12)13(2)10-17-22-23-20(24(17)19)26-11-18(25)21-15-6-4-5-7-15/h8-10,15H,4-7,11H2,1-3H3,(H,21,25). The van der Waals surface area contributed by atoms with E-state index in [0.717, 1.165) is 29.2 Å². The van der Waals surface area contributed by atoms with Crippen molar-refractivity contribution >= 4 is 34.2 Å². The van der Waals surface area contributed by atoms with Crippen LogP contribution in [0.1, 0.15) is 42.4 Å². The van der Waals surface area contributed by atoms with Crippen molar-refractivity contribution in [3.8, 4) is 0 Å². The highest BCUT2D eigenvalue weighted by atomic mass is 32.2. The van der Waals surface area contributed by atoms with Crippen LogP contribution >= 0.6 is 11.8 Å². The molecule has 1 saturated carbocycles. The number of nitrogens with zero attached hydrogens (tertiary/aromatic N) is 3. The molecule has 26 heavy (non-hydrogen) atoms. The molecule has 0 radical (unpaired) electrons. The minimum absolute atomic E-state index is 0.0858. The summed E-state index contributed by atoms with van der Waals surface area (Å²) in [6.07, 6.45) is 4.65. The number of fused-ring (bicyclic) bond motifs is 3. The van der Waals surface area contributed by atoms with E-state index < -0.39 is 0 Å². The van der Waals surface area contributed by atoms with Crippen LogP contribution in [0.2, 0.25) is 0 Å². The van der Waals surface area contributed by atoms with Gasteiger partial charge in [-0.3, -0.25) is 9.20 Å². The fraction of sp³-hybridized carbons (Fsp3) is 0.450. The van der Waals surface area contributed by atoms with Gasteiger partial charge in [-0.05, 0) is 56.9 Å². The first kappa shape index (κ1) is 17.3. The van der Waals surface area contributed by atoms with Gasteiger partial charge in [0.2, 0.25) is 5.91 Å². The molecule has 1 aliphatic carbocycles. The Labute approximate surface area is 157 Å². The lowest BCUT2D eigenvalue weighted by molar-refractivity contribution is -0.119. The molecule has 136 valence electrons. The van der Waals surface area contributed by atoms with Crippen LogP contribution < -0.4 is 5.32 Å². The second-order valence-electron chi connectivity index (χ2n) is 7.32. The van der Waals surface area contributed by atoms with E-state index in [1.54, 1.807) is 0 Å². The van der Waals surface area contributed by atoms with Gasteiger partial charge in [0.25, 0.3) is 0 Å². The van der Waals surface area contributed by atoms with E-state index in [9.17, 15) is 4.79 Å². The number of amides is 1. The van der Waals surface area contributed by atoms with Crippen LogP contribution in [-0.2, 0) is 4.79 Å². The average Bonchev–Trinajstić information content (AvgIpc) is 3.22. The van der Waals surface area contributed by atoms with Crippen molar-refractivity contribution in [3.63, 3.8) is 0 Å². The maximum atomic E-state index is 12.3. The summed E-state index contributed by atoms with van der Waals surface area (Å²) in [6.45, 7) is 6.35. The molecule has 1 aromatic carbocycles. The second kappa shape index (κ2) is 6.91. The fourth-order valence-electron chi connectivity index (χ4n) is 3.98. The maximum Gasteiger partial charge on any atom is 0.230 e. The lowest BCUT2D eigenvalue weighted by atomic mass is 10.0. The van der Waals surface area contributed by atoms with Crippen LogP contribution in [0.4, 0.5) is 0 Å². The Balaban J connectivity index is 1.65. The van der Waals surface area contributed by atoms with E-state index in [4.69, 9.17) is 0 Å². The van der Waals surface area contributed by atoms with Crippen molar-refractivity contribution in [2.45, 2.75) is 57.7 Å². The quantitative estimate of drug-likeness (QED) is 0.708. The fourth-order valence-corrected chi connectivity index (χ4v) is 4.73. The van der Waals surface area contributed by atoms with E-state index in [1.165, 1.54) is 46.7 Å². The van der Waals surface area contributed by atoms with Crippen molar-refractivity contribution in [1.29, 1.82) is 0 Å². The molecule has 6 heteroatoms. The Morgan fingerprint density at radius 3 is 2.69 bits per heavy atom. The Kier molecular flexibility index (Phi) is 4.61. The lowest BCUT2D eigenvalue weighted by Crippen LogP contribution is -2.33. The molecule has 1 amide bonds. The molecule has 4 rings (SSSR count). The number of aryl methyl sites for hydroxylation is 3. The average molecular weight is 369 g/mol. The Hall–Kier alpha value is -2.08. The van der Waals surface area contributed by atoms with Crippen LogP contribution in [0.3, 0.4) is 0 Å². The first-order valence-corrected chi connectivity index (χ1v) is 10.2. The summed E-state index contributed by atoms with van der Waals surface area (Å²) in [5, 5.41) is 13.8. The van der Waals surface area contributed by atoms with Crippen molar-refractivity contribution in [2.75, 3.05) is 5.75 Å². The molecular formula is C20H24N4OS. The summed E-state index contributed by atoms with van der Waals surface area (Å²) in [4.78, 5) is 12.3. The first-order valence-electron chi connectivity index (χ1n) is 9.21. The first-order chi connectivity index (χ1) is 12.5. The van der Waals surface area contributed by atoms with E-state index in [-0.39, 0.29) is 5.91 Å². The minimum atomic E-state index is 0.0858. The molecule has 0 saturated heterocycles. The Bertz CT molecular complexity index is 989. The molecule has 5 nitrogen and oxygen atoms in total. The normalized spacial score (nSPS) is 15.2. The zero-order valence-corrected chi connectivity index (χ0v) is 16.3. The number of rotatable bonds is 4. The van der Waals surface area contributed by atoms with Gasteiger partial charge < -0.3 is 5.32 Å². The SMILES string of the molecule is Cc1cc(C)c2c(c1)c(C)cc1nnc(SCC(=O)NC3CCCC3)n12. The van der Waals surface area contributed by atoms with Crippen LogP contribution in [0.15, 0.2) is 23.4 Å². The third kappa shape index (κ3) is 3.18. The summed E-state index contributed by atoms with van der Waals surface area (Å²) < 4.78 is 2.09. The molecule has 1 N–H and O–H groups in total. The number of carbonyl (C=O) groups is 1. The zero-order valence-electron chi connectivity index (χ0n) is 15.5. The number of benzene rings is 1. The molecule has 0 spiro atoms. The summed E-state index contributed by atoms with van der Waals surface area (Å²) >= 11 is 1.46. The van der Waals surface area contributed by atoms with Crippen molar-refractivity contribution in [1.82, 2.24) is 19.9 Å². The molecule has 0 unspecified atom stereocenters. The van der Waals surface area contributed by atoms with Crippen molar-refractivity contribution in [2.24, 2.45) is 0 Å². The summed E-state index contributed by atoms with van der Waals surface area (Å²) in [6, 6.07) is 6.81. The molecule has 2 heterocycles. The van der Waals surface area contributed by atoms with Crippen LogP contribution in [0, 0.1) is 20.8 Å². The topological polar surface area (TPSA) is 59.3 Å². The van der Waals surface area contributed by atoms with Crippen LogP contribution in [0.5, 0.6) is 0 Å². The highest BCUT2D eigenvalue weighted by Crippen LogP contribution is 2.29. The molecule has 1 fully saturated rings. The number of thioether (sulfide) groups is 1. The highest BCUT2D eigenvalue weighted by Gasteiger charge is 2.19. The summed E-state index contributed by atoms with van der Waals surface area (Å²) in [5.41, 5.74) is 5.61. The van der Waals surface area contributed by atoms with Crippen LogP contribution in [0.25, 0.3) is 16.6 Å². The van der Waals surface area contributed by atoms with E-state index >= 15 is 0 Å². The Morgan fingerprint density at radius 2 is 1.92 bits per heavy atom. The number of hydrogen-bond donors (Lipinski definition) is 1. The summed E-state index contributed by atoms with van der Waals surface area (Å²) in [7, 11) is 0. The zero-order chi connectivity index (χ0) is 18.3. The molecule has 0 atom stereocenters. The molecule has 1 aliphatic rings. The van der Waals surface area contributed by atoms with Gasteiger partial charge in [-0.25, -0.2) is 0 Å². The van der Waals surface area contributed by atoms with E-state index in [2.05, 4.69) is 58.9 Å². The van der Waals surface area contributed by atoms with Gasteiger partial charge in [-0.1, -0.05) is 36.2 Å². The van der Waals surface area contributed by atoms with Gasteiger partial charge in [0.1, 0.15) is 0 Å². The predicted octanol–water partition coefficient (Wildman–Crippen LogP) is 3.96. The van der Waals surface area contributed by atoms with Gasteiger partial charge in [0, 0.05) is 11.4 Å². The van der Waals surface area contributed by atoms with Gasteiger partial charge in [0.05, 0.1) is 11.3 Å². The predicted molar refractivity (Wildman–Crippen MR) is 106 cm³/mol. The highest BCUT2D eigenvalue weighted by molar-refractivity contribution is 7.99. The largest absolute Gasteiger partial charge is 0.353 e. The second-order valence-corrected chi connectivity index (χ2v) is 8.26. The van der Waals surface area contributed by atoms with Gasteiger partial charge in [-0.15, -0.1) is 10.2 Å². The molecule has 0 bridgehead atoms. The third-order valence-electron chi connectivity index (χ3n) is 5.15. The number of carbonyl (C=O) groups excluding carboxylic acids is 1. The molecule has 3 aromatic rings. The van der Waals surface area contributed by atoms with Gasteiger partial charge in [-0.2, -0.15) is 0 Å². The van der Waals surface area contributed by atoms with Crippen LogP contribution in [-0.4, -0.2) is 32.3 Å². The monoisotopic (exact) mass is 368 g/mol. The smallest absolute Gasteiger partial charge is 0.230 e. The van der Waals surface area contributed by atoms with Crippen molar-refractivity contribution in [3.05, 3.63) is 34.9 Å².